The summed E-state index contributed by atoms with van der Waals surface area (Å²) in [7, 11) is 0. The van der Waals surface area contributed by atoms with E-state index in [1.807, 2.05) is 6.07 Å². The van der Waals surface area contributed by atoms with E-state index < -0.39 is 0 Å². The second kappa shape index (κ2) is 7.68. The van der Waals surface area contributed by atoms with Crippen LogP contribution in [0.25, 0.3) is 0 Å². The predicted molar refractivity (Wildman–Crippen MR) is 87.8 cm³/mol. The lowest BCUT2D eigenvalue weighted by Crippen LogP contribution is -2.20. The number of rotatable bonds is 8. The van der Waals surface area contributed by atoms with E-state index in [1.165, 1.54) is 56.1 Å². The molecule has 112 valence electrons. The Morgan fingerprint density at radius 2 is 2.00 bits per heavy atom. The van der Waals surface area contributed by atoms with Crippen molar-refractivity contribution in [2.45, 2.75) is 64.8 Å². The monoisotopic (exact) mass is 274 g/mol. The standard InChI is InChI=1S/C18H30N2/c1-14(2)7-5-3-4-6-12-20-18-11-8-15-13-16(19)9-10-17(15)18/h9-10,13-14,18,20H,3-8,11-12,19H2,1-2H3. The number of unbranched alkanes of at least 4 members (excludes halogenated alkanes) is 3. The molecule has 2 nitrogen and oxygen atoms in total. The van der Waals surface area contributed by atoms with Gasteiger partial charge in [-0.2, -0.15) is 0 Å². The third kappa shape index (κ3) is 4.52. The maximum atomic E-state index is 5.85. The van der Waals surface area contributed by atoms with E-state index in [9.17, 15) is 0 Å². The van der Waals surface area contributed by atoms with E-state index in [-0.39, 0.29) is 0 Å². The fourth-order valence-corrected chi connectivity index (χ4v) is 3.16. The summed E-state index contributed by atoms with van der Waals surface area (Å²) in [5.41, 5.74) is 9.66. The largest absolute Gasteiger partial charge is 0.399 e. The number of benzene rings is 1. The van der Waals surface area contributed by atoms with Gasteiger partial charge in [-0.1, -0.05) is 45.6 Å². The average molecular weight is 274 g/mol. The van der Waals surface area contributed by atoms with Gasteiger partial charge in [0.25, 0.3) is 0 Å². The first-order valence-electron chi connectivity index (χ1n) is 8.28. The zero-order chi connectivity index (χ0) is 14.4. The Bertz CT molecular complexity index is 412. The van der Waals surface area contributed by atoms with Crippen molar-refractivity contribution in [2.24, 2.45) is 5.92 Å². The van der Waals surface area contributed by atoms with Crippen LogP contribution in [0.15, 0.2) is 18.2 Å². The van der Waals surface area contributed by atoms with Crippen molar-refractivity contribution in [3.63, 3.8) is 0 Å². The van der Waals surface area contributed by atoms with Gasteiger partial charge >= 0.3 is 0 Å². The van der Waals surface area contributed by atoms with Crippen LogP contribution < -0.4 is 11.1 Å². The van der Waals surface area contributed by atoms with Gasteiger partial charge in [0.05, 0.1) is 0 Å². The molecule has 1 aliphatic rings. The number of anilines is 1. The van der Waals surface area contributed by atoms with E-state index in [4.69, 9.17) is 5.73 Å². The van der Waals surface area contributed by atoms with E-state index in [2.05, 4.69) is 31.3 Å². The van der Waals surface area contributed by atoms with Gasteiger partial charge in [0.2, 0.25) is 0 Å². The normalized spacial score (nSPS) is 17.6. The lowest BCUT2D eigenvalue weighted by atomic mass is 10.0. The van der Waals surface area contributed by atoms with Gasteiger partial charge in [-0.05, 0) is 55.0 Å². The molecule has 1 aromatic rings. The number of hydrogen-bond donors (Lipinski definition) is 2. The molecule has 0 aromatic heterocycles. The van der Waals surface area contributed by atoms with Crippen LogP contribution in [-0.4, -0.2) is 6.54 Å². The van der Waals surface area contributed by atoms with Crippen molar-refractivity contribution in [3.05, 3.63) is 29.3 Å². The summed E-state index contributed by atoms with van der Waals surface area (Å²) in [5, 5.41) is 3.72. The molecule has 1 unspecified atom stereocenters. The van der Waals surface area contributed by atoms with Gasteiger partial charge in [0.15, 0.2) is 0 Å². The summed E-state index contributed by atoms with van der Waals surface area (Å²) in [5.74, 6) is 0.857. The fourth-order valence-electron chi connectivity index (χ4n) is 3.16. The Balaban J connectivity index is 1.62. The smallest absolute Gasteiger partial charge is 0.0326 e. The second-order valence-electron chi connectivity index (χ2n) is 6.60. The molecule has 3 N–H and O–H groups in total. The van der Waals surface area contributed by atoms with Crippen LogP contribution in [0, 0.1) is 5.92 Å². The van der Waals surface area contributed by atoms with Crippen LogP contribution in [0.1, 0.15) is 69.5 Å². The Morgan fingerprint density at radius 3 is 2.80 bits per heavy atom. The lowest BCUT2D eigenvalue weighted by molar-refractivity contribution is 0.485. The maximum absolute atomic E-state index is 5.85. The van der Waals surface area contributed by atoms with Crippen LogP contribution >= 0.6 is 0 Å². The van der Waals surface area contributed by atoms with Crippen molar-refractivity contribution < 1.29 is 0 Å². The average Bonchev–Trinajstić information content (AvgIpc) is 2.79. The highest BCUT2D eigenvalue weighted by Crippen LogP contribution is 2.32. The zero-order valence-corrected chi connectivity index (χ0v) is 13.1. The minimum atomic E-state index is 0.557. The van der Waals surface area contributed by atoms with Crippen LogP contribution in [0.5, 0.6) is 0 Å². The summed E-state index contributed by atoms with van der Waals surface area (Å²) in [6.07, 6.45) is 9.23. The highest BCUT2D eigenvalue weighted by atomic mass is 14.9. The van der Waals surface area contributed by atoms with Crippen LogP contribution in [-0.2, 0) is 6.42 Å². The molecular weight excluding hydrogens is 244 g/mol. The van der Waals surface area contributed by atoms with E-state index >= 15 is 0 Å². The van der Waals surface area contributed by atoms with Crippen molar-refractivity contribution >= 4 is 5.69 Å². The lowest BCUT2D eigenvalue weighted by Gasteiger charge is -2.14. The quantitative estimate of drug-likeness (QED) is 0.543. The molecule has 0 amide bonds. The Hall–Kier alpha value is -1.02. The number of hydrogen-bond acceptors (Lipinski definition) is 2. The molecule has 0 spiro atoms. The predicted octanol–water partition coefficient (Wildman–Crippen LogP) is 4.45. The Morgan fingerprint density at radius 1 is 1.20 bits per heavy atom. The van der Waals surface area contributed by atoms with Gasteiger partial charge in [-0.15, -0.1) is 0 Å². The molecule has 0 radical (unpaired) electrons. The van der Waals surface area contributed by atoms with Gasteiger partial charge in [0.1, 0.15) is 0 Å². The zero-order valence-electron chi connectivity index (χ0n) is 13.1. The molecule has 0 fully saturated rings. The number of fused-ring (bicyclic) bond motifs is 1. The summed E-state index contributed by atoms with van der Waals surface area (Å²) < 4.78 is 0. The first-order chi connectivity index (χ1) is 9.66. The molecule has 0 saturated carbocycles. The minimum Gasteiger partial charge on any atom is -0.399 e. The van der Waals surface area contributed by atoms with Gasteiger partial charge < -0.3 is 11.1 Å². The number of aryl methyl sites for hydroxylation is 1. The highest BCUT2D eigenvalue weighted by molar-refractivity contribution is 5.47. The van der Waals surface area contributed by atoms with Crippen molar-refractivity contribution in [1.82, 2.24) is 5.32 Å². The van der Waals surface area contributed by atoms with Gasteiger partial charge in [-0.25, -0.2) is 0 Å². The van der Waals surface area contributed by atoms with E-state index in [0.717, 1.165) is 18.2 Å². The Labute approximate surface area is 124 Å². The maximum Gasteiger partial charge on any atom is 0.0326 e. The van der Waals surface area contributed by atoms with Crippen molar-refractivity contribution in [1.29, 1.82) is 0 Å². The summed E-state index contributed by atoms with van der Waals surface area (Å²) in [4.78, 5) is 0. The molecule has 0 heterocycles. The molecule has 1 aliphatic carbocycles. The third-order valence-corrected chi connectivity index (χ3v) is 4.34. The molecule has 1 aromatic carbocycles. The molecule has 1 atom stereocenters. The van der Waals surface area contributed by atoms with Crippen LogP contribution in [0.2, 0.25) is 0 Å². The first-order valence-corrected chi connectivity index (χ1v) is 8.28. The second-order valence-corrected chi connectivity index (χ2v) is 6.60. The molecule has 0 aliphatic heterocycles. The van der Waals surface area contributed by atoms with E-state index in [1.54, 1.807) is 0 Å². The van der Waals surface area contributed by atoms with Gasteiger partial charge in [0, 0.05) is 11.7 Å². The molecule has 20 heavy (non-hydrogen) atoms. The summed E-state index contributed by atoms with van der Waals surface area (Å²) >= 11 is 0. The fraction of sp³-hybridized carbons (Fsp3) is 0.667. The van der Waals surface area contributed by atoms with Crippen molar-refractivity contribution in [3.8, 4) is 0 Å². The SMILES string of the molecule is CC(C)CCCCCCNC1CCc2cc(N)ccc21. The van der Waals surface area contributed by atoms with E-state index in [0.29, 0.717) is 6.04 Å². The topological polar surface area (TPSA) is 38.0 Å². The molecule has 0 saturated heterocycles. The minimum absolute atomic E-state index is 0.557. The molecule has 2 heteroatoms. The third-order valence-electron chi connectivity index (χ3n) is 4.34. The molecular formula is C18H30N2. The first kappa shape index (κ1) is 15.4. The summed E-state index contributed by atoms with van der Waals surface area (Å²) in [6.45, 7) is 5.77. The number of nitrogens with one attached hydrogen (secondary N) is 1. The summed E-state index contributed by atoms with van der Waals surface area (Å²) in [6, 6.07) is 6.94. The highest BCUT2D eigenvalue weighted by Gasteiger charge is 2.21. The van der Waals surface area contributed by atoms with Crippen molar-refractivity contribution in [2.75, 3.05) is 12.3 Å². The van der Waals surface area contributed by atoms with Gasteiger partial charge in [-0.3, -0.25) is 0 Å². The molecule has 0 bridgehead atoms. The Kier molecular flexibility index (Phi) is 5.90. The van der Waals surface area contributed by atoms with Crippen LogP contribution in [0.3, 0.4) is 0 Å². The number of nitrogen functional groups attached to an aromatic ring is 1. The molecule has 2 rings (SSSR count). The van der Waals surface area contributed by atoms with Crippen LogP contribution in [0.4, 0.5) is 5.69 Å². The number of nitrogens with two attached hydrogens (primary N) is 1.